The van der Waals surface area contributed by atoms with E-state index in [-0.39, 0.29) is 23.4 Å². The van der Waals surface area contributed by atoms with Gasteiger partial charge in [-0.2, -0.15) is 5.10 Å². The van der Waals surface area contributed by atoms with Gasteiger partial charge in [0.2, 0.25) is 11.8 Å². The number of imide groups is 1. The van der Waals surface area contributed by atoms with Gasteiger partial charge in [0.1, 0.15) is 5.25 Å². The van der Waals surface area contributed by atoms with Crippen LogP contribution in [0.1, 0.15) is 18.2 Å². The summed E-state index contributed by atoms with van der Waals surface area (Å²) in [5, 5.41) is 9.97. The Morgan fingerprint density at radius 2 is 2.12 bits per heavy atom. The van der Waals surface area contributed by atoms with Crippen LogP contribution in [-0.4, -0.2) is 27.9 Å². The molecule has 134 valence electrons. The quantitative estimate of drug-likeness (QED) is 0.364. The number of hydrogen-bond donors (Lipinski definition) is 1. The lowest BCUT2D eigenvalue weighted by atomic mass is 10.3. The molecule has 3 rings (SSSR count). The highest BCUT2D eigenvalue weighted by Crippen LogP contribution is 2.30. The van der Waals surface area contributed by atoms with Gasteiger partial charge in [0.25, 0.3) is 0 Å². The number of nitrogens with zero attached hydrogens (tertiary/aromatic N) is 3. The molecule has 2 N–H and O–H groups in total. The van der Waals surface area contributed by atoms with Crippen molar-refractivity contribution in [2.75, 3.05) is 4.90 Å². The summed E-state index contributed by atoms with van der Waals surface area (Å²) in [6.45, 7) is 1.83. The lowest BCUT2D eigenvalue weighted by Gasteiger charge is -2.14. The number of rotatable bonds is 4. The molecular formula is C17H15ClN4O2S2. The van der Waals surface area contributed by atoms with E-state index in [9.17, 15) is 9.59 Å². The van der Waals surface area contributed by atoms with Gasteiger partial charge < -0.3 is 5.73 Å². The van der Waals surface area contributed by atoms with E-state index in [1.165, 1.54) is 0 Å². The van der Waals surface area contributed by atoms with Crippen LogP contribution >= 0.6 is 34.7 Å². The molecule has 0 unspecified atom stereocenters. The van der Waals surface area contributed by atoms with Gasteiger partial charge in [-0.25, -0.2) is 4.90 Å². The summed E-state index contributed by atoms with van der Waals surface area (Å²) in [6.07, 6.45) is 0.0554. The largest absolute Gasteiger partial charge is 0.377 e. The second kappa shape index (κ2) is 8.03. The number of amidine groups is 1. The van der Waals surface area contributed by atoms with E-state index in [2.05, 4.69) is 10.2 Å². The maximum atomic E-state index is 12.6. The predicted molar refractivity (Wildman–Crippen MR) is 108 cm³/mol. The number of benzene rings is 1. The summed E-state index contributed by atoms with van der Waals surface area (Å²) in [7, 11) is 0. The van der Waals surface area contributed by atoms with Crippen LogP contribution in [0.25, 0.3) is 0 Å². The topological polar surface area (TPSA) is 88.1 Å². The SMILES string of the molecule is CC(=NN=C(N)S[C@@H]1CC(=O)N(c2cccc(Cl)c2)C1=O)c1cccs1. The highest BCUT2D eigenvalue weighted by Gasteiger charge is 2.40. The minimum atomic E-state index is -0.623. The van der Waals surface area contributed by atoms with Gasteiger partial charge in [-0.1, -0.05) is 35.5 Å². The second-order valence-corrected chi connectivity index (χ2v) is 8.07. The average Bonchev–Trinajstić information content (AvgIpc) is 3.22. The van der Waals surface area contributed by atoms with Crippen LogP contribution in [0.3, 0.4) is 0 Å². The van der Waals surface area contributed by atoms with Crippen molar-refractivity contribution in [3.8, 4) is 0 Å². The highest BCUT2D eigenvalue weighted by molar-refractivity contribution is 8.14. The zero-order valence-electron chi connectivity index (χ0n) is 13.8. The summed E-state index contributed by atoms with van der Waals surface area (Å²) in [5.74, 6) is -0.625. The number of carbonyl (C=O) groups is 2. The molecule has 2 aromatic rings. The number of thioether (sulfide) groups is 1. The van der Waals surface area contributed by atoms with E-state index in [0.29, 0.717) is 10.7 Å². The molecule has 0 radical (unpaired) electrons. The van der Waals surface area contributed by atoms with Crippen molar-refractivity contribution in [1.29, 1.82) is 0 Å². The van der Waals surface area contributed by atoms with Crippen molar-refractivity contribution in [3.63, 3.8) is 0 Å². The molecular weight excluding hydrogens is 392 g/mol. The number of nitrogens with two attached hydrogens (primary N) is 1. The van der Waals surface area contributed by atoms with Crippen LogP contribution in [0, 0.1) is 0 Å². The van der Waals surface area contributed by atoms with Crippen LogP contribution in [0.2, 0.25) is 5.02 Å². The van der Waals surface area contributed by atoms with Crippen molar-refractivity contribution < 1.29 is 9.59 Å². The van der Waals surface area contributed by atoms with Crippen molar-refractivity contribution in [3.05, 3.63) is 51.7 Å². The van der Waals surface area contributed by atoms with Crippen LogP contribution in [0.5, 0.6) is 0 Å². The molecule has 1 aliphatic rings. The molecule has 0 bridgehead atoms. The minimum absolute atomic E-state index is 0.0554. The standard InChI is InChI=1S/C17H15ClN4O2S2/c1-10(13-6-3-7-25-13)20-21-17(19)26-14-9-15(23)22(16(14)24)12-5-2-4-11(18)8-12/h2-8,14H,9H2,1H3,(H2,19,21)/t14-/m1/s1. The fourth-order valence-corrected chi connectivity index (χ4v) is 4.08. The van der Waals surface area contributed by atoms with Crippen molar-refractivity contribution in [2.45, 2.75) is 18.6 Å². The molecule has 1 fully saturated rings. The van der Waals surface area contributed by atoms with Crippen molar-refractivity contribution in [2.24, 2.45) is 15.9 Å². The highest BCUT2D eigenvalue weighted by atomic mass is 35.5. The fraction of sp³-hybridized carbons (Fsp3) is 0.176. The van der Waals surface area contributed by atoms with Gasteiger partial charge >= 0.3 is 0 Å². The second-order valence-electron chi connectivity index (χ2n) is 5.46. The lowest BCUT2D eigenvalue weighted by molar-refractivity contribution is -0.121. The van der Waals surface area contributed by atoms with Gasteiger partial charge in [-0.15, -0.1) is 16.4 Å². The first kappa shape index (κ1) is 18.6. The molecule has 2 heterocycles. The molecule has 0 spiro atoms. The molecule has 1 aromatic heterocycles. The lowest BCUT2D eigenvalue weighted by Crippen LogP contribution is -2.31. The van der Waals surface area contributed by atoms with Gasteiger partial charge in [0, 0.05) is 11.4 Å². The molecule has 26 heavy (non-hydrogen) atoms. The van der Waals surface area contributed by atoms with Gasteiger partial charge in [-0.05, 0) is 36.6 Å². The first-order valence-corrected chi connectivity index (χ1v) is 9.80. The number of carbonyl (C=O) groups excluding carboxylic acids is 2. The van der Waals surface area contributed by atoms with Crippen molar-refractivity contribution >= 4 is 63.1 Å². The summed E-state index contributed by atoms with van der Waals surface area (Å²) < 4.78 is 0. The number of thiophene rings is 1. The molecule has 1 aromatic carbocycles. The monoisotopic (exact) mass is 406 g/mol. The number of anilines is 1. The van der Waals surface area contributed by atoms with E-state index in [0.717, 1.165) is 27.3 Å². The average molecular weight is 407 g/mol. The van der Waals surface area contributed by atoms with Gasteiger partial charge in [0.15, 0.2) is 5.17 Å². The van der Waals surface area contributed by atoms with E-state index in [1.54, 1.807) is 35.6 Å². The van der Waals surface area contributed by atoms with Crippen LogP contribution in [0.4, 0.5) is 5.69 Å². The molecule has 1 aliphatic heterocycles. The zero-order valence-corrected chi connectivity index (χ0v) is 16.1. The molecule has 1 saturated heterocycles. The van der Waals surface area contributed by atoms with Crippen LogP contribution < -0.4 is 10.6 Å². The Labute approximate surface area is 163 Å². The van der Waals surface area contributed by atoms with E-state index in [1.807, 2.05) is 24.4 Å². The summed E-state index contributed by atoms with van der Waals surface area (Å²) >= 11 is 8.54. The van der Waals surface area contributed by atoms with Crippen LogP contribution in [-0.2, 0) is 9.59 Å². The predicted octanol–water partition coefficient (Wildman–Crippen LogP) is 3.51. The molecule has 0 aliphatic carbocycles. The molecule has 2 amide bonds. The third-order valence-corrected chi connectivity index (χ3v) is 5.80. The smallest absolute Gasteiger partial charge is 0.247 e. The van der Waals surface area contributed by atoms with Crippen LogP contribution in [0.15, 0.2) is 52.0 Å². The Morgan fingerprint density at radius 3 is 2.81 bits per heavy atom. The molecule has 1 atom stereocenters. The number of hydrogen-bond acceptors (Lipinski definition) is 6. The first-order chi connectivity index (χ1) is 12.5. The Balaban J connectivity index is 1.71. The Hall–Kier alpha value is -2.16. The Morgan fingerprint density at radius 1 is 1.31 bits per heavy atom. The Bertz CT molecular complexity index is 896. The normalized spacial score (nSPS) is 18.7. The maximum absolute atomic E-state index is 12.6. The minimum Gasteiger partial charge on any atom is -0.377 e. The third-order valence-electron chi connectivity index (χ3n) is 3.61. The third kappa shape index (κ3) is 4.14. The summed E-state index contributed by atoms with van der Waals surface area (Å²) in [6, 6.07) is 10.5. The van der Waals surface area contributed by atoms with E-state index in [4.69, 9.17) is 17.3 Å². The fourth-order valence-electron chi connectivity index (χ4n) is 2.41. The van der Waals surface area contributed by atoms with Gasteiger partial charge in [0.05, 0.1) is 16.3 Å². The molecule has 6 nitrogen and oxygen atoms in total. The zero-order chi connectivity index (χ0) is 18.7. The summed E-state index contributed by atoms with van der Waals surface area (Å²) in [4.78, 5) is 27.0. The maximum Gasteiger partial charge on any atom is 0.247 e. The first-order valence-electron chi connectivity index (χ1n) is 7.66. The Kier molecular flexibility index (Phi) is 5.75. The van der Waals surface area contributed by atoms with E-state index >= 15 is 0 Å². The summed E-state index contributed by atoms with van der Waals surface area (Å²) in [5.41, 5.74) is 7.07. The van der Waals surface area contributed by atoms with Gasteiger partial charge in [-0.3, -0.25) is 9.59 Å². The molecule has 9 heteroatoms. The molecule has 0 saturated carbocycles. The van der Waals surface area contributed by atoms with Crippen molar-refractivity contribution in [1.82, 2.24) is 0 Å². The number of halogens is 1. The van der Waals surface area contributed by atoms with E-state index < -0.39 is 5.25 Å². The number of amides is 2.